The number of rotatable bonds is 8. The number of likely N-dealkylation sites (N-methyl/N-ethyl adjacent to an activating group) is 1. The van der Waals surface area contributed by atoms with Crippen LogP contribution in [0.25, 0.3) is 0 Å². The predicted octanol–water partition coefficient (Wildman–Crippen LogP) is -1.56. The highest BCUT2D eigenvalue weighted by molar-refractivity contribution is 8.06. The first-order chi connectivity index (χ1) is 12.5. The maximum Gasteiger partial charge on any atom is 0.367 e. The first kappa shape index (κ1) is 24.4. The Bertz CT molecular complexity index is 1020. The molecule has 0 amide bonds. The third-order valence-electron chi connectivity index (χ3n) is 3.64. The molecular weight excluding hydrogens is 444 g/mol. The zero-order valence-corrected chi connectivity index (χ0v) is 17.1. The average Bonchev–Trinajstić information content (AvgIpc) is 2.48. The van der Waals surface area contributed by atoms with E-state index in [0.29, 0.717) is 24.2 Å². The Morgan fingerprint density at radius 1 is 0.929 bits per heavy atom. The molecule has 0 aromatic heterocycles. The Balaban J connectivity index is 4.45. The molecule has 4 N–H and O–H groups in total. The van der Waals surface area contributed by atoms with Crippen molar-refractivity contribution in [3.63, 3.8) is 0 Å². The minimum absolute atomic E-state index is 0.559. The first-order valence-electron chi connectivity index (χ1n) is 7.06. The smallest absolute Gasteiger partial charge is 0.366 e. The zero-order chi connectivity index (χ0) is 22.2. The lowest BCUT2D eigenvalue weighted by molar-refractivity contribution is -0.183. The van der Waals surface area contributed by atoms with Gasteiger partial charge in [0.1, 0.15) is 0 Å². The molecule has 1 atom stereocenters. The Morgan fingerprint density at radius 2 is 1.36 bits per heavy atom. The van der Waals surface area contributed by atoms with E-state index in [9.17, 15) is 43.7 Å². The molecule has 0 radical (unpaired) electrons. The van der Waals surface area contributed by atoms with Crippen LogP contribution in [-0.2, 0) is 44.1 Å². The highest BCUT2D eigenvalue weighted by Gasteiger charge is 2.79. The van der Waals surface area contributed by atoms with Crippen molar-refractivity contribution in [1.29, 1.82) is 0 Å². The average molecular weight is 462 g/mol. The van der Waals surface area contributed by atoms with E-state index in [0.717, 1.165) is 26.2 Å². The Hall–Kier alpha value is -1.66. The van der Waals surface area contributed by atoms with Crippen molar-refractivity contribution in [1.82, 2.24) is 10.4 Å². The van der Waals surface area contributed by atoms with E-state index in [-0.39, 0.29) is 0 Å². The van der Waals surface area contributed by atoms with Gasteiger partial charge in [-0.3, -0.25) is 19.0 Å². The van der Waals surface area contributed by atoms with Crippen LogP contribution < -0.4 is 5.32 Å². The van der Waals surface area contributed by atoms with Crippen molar-refractivity contribution < 1.29 is 48.5 Å². The van der Waals surface area contributed by atoms with Crippen LogP contribution in [0.1, 0.15) is 5.56 Å². The summed E-state index contributed by atoms with van der Waals surface area (Å²) in [4.78, 5) is 13.0. The molecule has 1 aromatic rings. The lowest BCUT2D eigenvalue weighted by atomic mass is 10.0. The quantitative estimate of drug-likeness (QED) is 0.255. The van der Waals surface area contributed by atoms with Gasteiger partial charge in [-0.1, -0.05) is 30.3 Å². The summed E-state index contributed by atoms with van der Waals surface area (Å²) in [6, 6.07) is 4.71. The largest absolute Gasteiger partial charge is 0.367 e. The van der Waals surface area contributed by atoms with Crippen LogP contribution in [0.2, 0.25) is 0 Å². The van der Waals surface area contributed by atoms with Gasteiger partial charge in [-0.15, -0.1) is 5.06 Å². The van der Waals surface area contributed by atoms with Gasteiger partial charge in [0.15, 0.2) is 0 Å². The van der Waals surface area contributed by atoms with E-state index in [2.05, 4.69) is 4.84 Å². The van der Waals surface area contributed by atoms with Gasteiger partial charge < -0.3 is 4.84 Å². The normalized spacial score (nSPS) is 15.8. The van der Waals surface area contributed by atoms with Gasteiger partial charge in [0, 0.05) is 14.1 Å². The van der Waals surface area contributed by atoms with E-state index < -0.39 is 50.8 Å². The maximum absolute atomic E-state index is 12.6. The number of nitrogens with one attached hydrogen (secondary N) is 1. The summed E-state index contributed by atoms with van der Waals surface area (Å²) < 4.78 is 98.8. The zero-order valence-electron chi connectivity index (χ0n) is 14.7. The van der Waals surface area contributed by atoms with E-state index in [1.807, 2.05) is 0 Å². The minimum Gasteiger partial charge on any atom is -0.366 e. The standard InChI is InChI=1S/C12H18N2O11S3/c1-13-11(26(16,17)18,10(15)25-14(2)3)12(27(19,20)21,28(22,23)24)9-7-5-4-6-8-9/h4-8,13H,1-3H3,(H,16,17,18)(H,19,20,21)(H,22,23,24). The molecule has 0 aliphatic rings. The Kier molecular flexibility index (Phi) is 6.65. The third-order valence-corrected chi connectivity index (χ3v) is 9.15. The Morgan fingerprint density at radius 3 is 1.64 bits per heavy atom. The molecule has 0 bridgehead atoms. The van der Waals surface area contributed by atoms with Gasteiger partial charge in [0.2, 0.25) is 0 Å². The SMILES string of the molecule is CNC(C(=O)ON(C)C)(C(c1ccccc1)(S(=O)(=O)O)S(=O)(=O)O)S(=O)(=O)O. The second kappa shape index (κ2) is 7.64. The van der Waals surface area contributed by atoms with Crippen LogP contribution >= 0.6 is 0 Å². The molecule has 0 fully saturated rings. The van der Waals surface area contributed by atoms with Crippen molar-refractivity contribution in [3.8, 4) is 0 Å². The number of nitrogens with zero attached hydrogens (tertiary/aromatic N) is 1. The first-order valence-corrected chi connectivity index (χ1v) is 11.4. The van der Waals surface area contributed by atoms with Gasteiger partial charge in [0.25, 0.3) is 39.3 Å². The molecule has 16 heteroatoms. The second-order valence-electron chi connectivity index (χ2n) is 5.53. The van der Waals surface area contributed by atoms with Gasteiger partial charge in [0.05, 0.1) is 0 Å². The van der Waals surface area contributed by atoms with Gasteiger partial charge in [-0.05, 0) is 12.6 Å². The van der Waals surface area contributed by atoms with Crippen molar-refractivity contribution >= 4 is 36.3 Å². The van der Waals surface area contributed by atoms with Gasteiger partial charge in [-0.25, -0.2) is 4.79 Å². The van der Waals surface area contributed by atoms with Gasteiger partial charge in [-0.2, -0.15) is 25.3 Å². The van der Waals surface area contributed by atoms with Gasteiger partial charge >= 0.3 is 5.97 Å². The number of hydroxylamine groups is 2. The summed E-state index contributed by atoms with van der Waals surface area (Å²) in [7, 11) is -15.9. The molecule has 1 rings (SSSR count). The number of benzene rings is 1. The van der Waals surface area contributed by atoms with E-state index in [4.69, 9.17) is 0 Å². The number of carbonyl (C=O) groups is 1. The Labute approximate surface area is 161 Å². The summed E-state index contributed by atoms with van der Waals surface area (Å²) in [5.41, 5.74) is -1.08. The topological polar surface area (TPSA) is 205 Å². The lowest BCUT2D eigenvalue weighted by Gasteiger charge is -2.41. The molecule has 0 aliphatic carbocycles. The summed E-state index contributed by atoms with van der Waals surface area (Å²) in [5, 5.41) is 2.15. The molecule has 0 aliphatic heterocycles. The van der Waals surface area contributed by atoms with Crippen LogP contribution in [0.3, 0.4) is 0 Å². The predicted molar refractivity (Wildman–Crippen MR) is 94.3 cm³/mol. The number of hydrogen-bond donors (Lipinski definition) is 4. The molecule has 28 heavy (non-hydrogen) atoms. The summed E-state index contributed by atoms with van der Waals surface area (Å²) in [5.74, 6) is -2.18. The molecule has 0 saturated carbocycles. The monoisotopic (exact) mass is 462 g/mol. The van der Waals surface area contributed by atoms with Crippen molar-refractivity contribution in [2.45, 2.75) is 8.95 Å². The molecular formula is C12H18N2O11S3. The van der Waals surface area contributed by atoms with Crippen LogP contribution in [0.15, 0.2) is 30.3 Å². The minimum atomic E-state index is -6.23. The molecule has 0 heterocycles. The molecule has 0 saturated heterocycles. The fourth-order valence-electron chi connectivity index (χ4n) is 2.69. The fraction of sp³-hybridized carbons (Fsp3) is 0.417. The third kappa shape index (κ3) is 3.52. The maximum atomic E-state index is 12.6. The van der Waals surface area contributed by atoms with Crippen LogP contribution in [-0.4, -0.2) is 76.0 Å². The summed E-state index contributed by atoms with van der Waals surface area (Å²) >= 11 is 0. The summed E-state index contributed by atoms with van der Waals surface area (Å²) in [6.07, 6.45) is 0. The molecule has 0 spiro atoms. The van der Waals surface area contributed by atoms with E-state index >= 15 is 0 Å². The molecule has 1 aromatic carbocycles. The van der Waals surface area contributed by atoms with Crippen LogP contribution in [0.4, 0.5) is 0 Å². The van der Waals surface area contributed by atoms with E-state index in [1.165, 1.54) is 6.07 Å². The summed E-state index contributed by atoms with van der Waals surface area (Å²) in [6.45, 7) is 0. The van der Waals surface area contributed by atoms with Crippen LogP contribution in [0, 0.1) is 0 Å². The molecule has 13 nitrogen and oxygen atoms in total. The van der Waals surface area contributed by atoms with Crippen molar-refractivity contribution in [3.05, 3.63) is 35.9 Å². The number of hydrogen-bond acceptors (Lipinski definition) is 10. The molecule has 160 valence electrons. The van der Waals surface area contributed by atoms with Crippen molar-refractivity contribution in [2.75, 3.05) is 21.1 Å². The fourth-order valence-corrected chi connectivity index (χ4v) is 7.95. The highest BCUT2D eigenvalue weighted by atomic mass is 32.3. The number of carbonyl (C=O) groups excluding carboxylic acids is 1. The van der Waals surface area contributed by atoms with Crippen LogP contribution in [0.5, 0.6) is 0 Å². The highest BCUT2D eigenvalue weighted by Crippen LogP contribution is 2.47. The van der Waals surface area contributed by atoms with Crippen molar-refractivity contribution in [2.24, 2.45) is 0 Å². The second-order valence-corrected chi connectivity index (χ2v) is 10.5. The molecule has 1 unspecified atom stereocenters. The van der Waals surface area contributed by atoms with E-state index in [1.54, 1.807) is 5.32 Å². The lowest BCUT2D eigenvalue weighted by Crippen LogP contribution is -2.74.